The van der Waals surface area contributed by atoms with Crippen molar-refractivity contribution in [1.82, 2.24) is 4.90 Å². The molecule has 0 aromatic heterocycles. The predicted molar refractivity (Wildman–Crippen MR) is 201 cm³/mol. The van der Waals surface area contributed by atoms with Crippen molar-refractivity contribution in [2.75, 3.05) is 40.6 Å². The number of carbonyl (C=O) groups is 3. The minimum atomic E-state index is -0.870. The molecule has 1 heterocycles. The molecule has 1 aliphatic carbocycles. The summed E-state index contributed by atoms with van der Waals surface area (Å²) < 4.78 is 33.7. The Morgan fingerprint density at radius 1 is 0.889 bits per heavy atom. The Morgan fingerprint density at radius 3 is 2.31 bits per heavy atom. The Bertz CT molecular complexity index is 1930. The summed E-state index contributed by atoms with van der Waals surface area (Å²) in [4.78, 5) is 41.4. The van der Waals surface area contributed by atoms with E-state index >= 15 is 0 Å². The zero-order chi connectivity index (χ0) is 38.0. The number of benzene rings is 4. The summed E-state index contributed by atoms with van der Waals surface area (Å²) in [5.41, 5.74) is 5.79. The summed E-state index contributed by atoms with van der Waals surface area (Å²) in [6.45, 7) is 3.64. The molecule has 0 spiro atoms. The molecule has 1 fully saturated rings. The molecular weight excluding hydrogens is 690 g/mol. The first-order chi connectivity index (χ1) is 26.3. The monoisotopic (exact) mass is 735 g/mol. The van der Waals surface area contributed by atoms with Crippen LogP contribution in [0.15, 0.2) is 97.6 Å². The number of methoxy groups -OCH3 is 2. The second kappa shape index (κ2) is 17.7. The third-order valence-electron chi connectivity index (χ3n) is 9.75. The average Bonchev–Trinajstić information content (AvgIpc) is 3.52. The summed E-state index contributed by atoms with van der Waals surface area (Å²) in [5, 5.41) is 10.7. The number of nitrogens with zero attached hydrogens (tertiary/aromatic N) is 1. The molecule has 1 saturated heterocycles. The summed E-state index contributed by atoms with van der Waals surface area (Å²) >= 11 is 0. The molecule has 1 aliphatic heterocycles. The first-order valence-corrected chi connectivity index (χ1v) is 18.1. The fourth-order valence-electron chi connectivity index (χ4n) is 7.13. The van der Waals surface area contributed by atoms with Gasteiger partial charge in [0, 0.05) is 18.5 Å². The minimum absolute atomic E-state index is 0.0376. The van der Waals surface area contributed by atoms with Gasteiger partial charge >= 0.3 is 18.0 Å². The van der Waals surface area contributed by atoms with E-state index in [9.17, 15) is 19.5 Å². The standard InChI is InChI=1S/C43H45NO10/c1-4-21-51-41(46)27-52-31-24-29(23-30(45)25-31)38(18-16-28-17-19-39(49-2)40(22-28)50-3)54-42(47)37-15-9-10-20-44(37)43(48)53-26-36-34-13-7-5-11-32(34)33-12-6-8-14-35(33)36/h4-8,11-14,17,19,22-25,36-38,45H,1,9-10,15-16,18,20-21,26-27H2,2-3H3/t37-,38+/m0/s1. The van der Waals surface area contributed by atoms with E-state index < -0.39 is 36.8 Å². The number of ether oxygens (including phenoxy) is 6. The smallest absolute Gasteiger partial charge is 0.410 e. The molecule has 4 aromatic carbocycles. The Kier molecular flexibility index (Phi) is 12.4. The van der Waals surface area contributed by atoms with Crippen LogP contribution in [0.2, 0.25) is 0 Å². The third-order valence-corrected chi connectivity index (χ3v) is 9.75. The lowest BCUT2D eigenvalue weighted by molar-refractivity contribution is -0.157. The molecule has 4 aromatic rings. The molecule has 0 saturated carbocycles. The van der Waals surface area contributed by atoms with Gasteiger partial charge in [-0.3, -0.25) is 4.90 Å². The molecule has 0 radical (unpaired) electrons. The molecule has 11 heteroatoms. The van der Waals surface area contributed by atoms with Crippen LogP contribution < -0.4 is 14.2 Å². The van der Waals surface area contributed by atoms with Crippen molar-refractivity contribution in [3.63, 3.8) is 0 Å². The van der Waals surface area contributed by atoms with Gasteiger partial charge in [0.25, 0.3) is 0 Å². The number of piperidine rings is 1. The van der Waals surface area contributed by atoms with Gasteiger partial charge in [-0.25, -0.2) is 14.4 Å². The largest absolute Gasteiger partial charge is 0.508 e. The van der Waals surface area contributed by atoms with E-state index in [0.717, 1.165) is 40.7 Å². The number of aryl methyl sites for hydroxylation is 1. The molecule has 282 valence electrons. The van der Waals surface area contributed by atoms with Crippen molar-refractivity contribution in [2.24, 2.45) is 0 Å². The van der Waals surface area contributed by atoms with Gasteiger partial charge in [-0.2, -0.15) is 0 Å². The zero-order valence-corrected chi connectivity index (χ0v) is 30.5. The molecule has 0 unspecified atom stereocenters. The van der Waals surface area contributed by atoms with Crippen LogP contribution in [0.1, 0.15) is 60.0 Å². The van der Waals surface area contributed by atoms with Gasteiger partial charge in [0.05, 0.1) is 14.2 Å². The van der Waals surface area contributed by atoms with E-state index in [0.29, 0.717) is 42.9 Å². The highest BCUT2D eigenvalue weighted by Crippen LogP contribution is 2.44. The number of esters is 2. The Hall–Kier alpha value is -5.97. The van der Waals surface area contributed by atoms with E-state index in [4.69, 9.17) is 28.4 Å². The second-order valence-corrected chi connectivity index (χ2v) is 13.2. The molecule has 54 heavy (non-hydrogen) atoms. The second-order valence-electron chi connectivity index (χ2n) is 13.2. The summed E-state index contributed by atoms with van der Waals surface area (Å²) in [7, 11) is 3.12. The quantitative estimate of drug-likeness (QED) is 0.0743. The van der Waals surface area contributed by atoms with Crippen molar-refractivity contribution < 1.29 is 47.9 Å². The van der Waals surface area contributed by atoms with E-state index in [1.54, 1.807) is 26.4 Å². The van der Waals surface area contributed by atoms with E-state index in [1.807, 2.05) is 36.4 Å². The van der Waals surface area contributed by atoms with E-state index in [-0.39, 0.29) is 30.6 Å². The first kappa shape index (κ1) is 37.8. The number of aromatic hydroxyl groups is 1. The number of hydrogen-bond donors (Lipinski definition) is 1. The molecular formula is C43H45NO10. The maximum Gasteiger partial charge on any atom is 0.410 e. The van der Waals surface area contributed by atoms with E-state index in [1.165, 1.54) is 23.1 Å². The summed E-state index contributed by atoms with van der Waals surface area (Å²) in [6.07, 6.45) is 2.64. The van der Waals surface area contributed by atoms with Crippen LogP contribution in [0.3, 0.4) is 0 Å². The van der Waals surface area contributed by atoms with Crippen LogP contribution in [0.25, 0.3) is 11.1 Å². The molecule has 1 N–H and O–H groups in total. The zero-order valence-electron chi connectivity index (χ0n) is 30.5. The molecule has 11 nitrogen and oxygen atoms in total. The third kappa shape index (κ3) is 8.79. The van der Waals surface area contributed by atoms with Crippen molar-refractivity contribution in [3.05, 3.63) is 120 Å². The normalized spacial score (nSPS) is 15.3. The highest BCUT2D eigenvalue weighted by atomic mass is 16.6. The summed E-state index contributed by atoms with van der Waals surface area (Å²) in [5.74, 6) is -0.139. The van der Waals surface area contributed by atoms with E-state index in [2.05, 4.69) is 30.8 Å². The van der Waals surface area contributed by atoms with Crippen LogP contribution in [0.5, 0.6) is 23.0 Å². The number of phenolic OH excluding ortho intramolecular Hbond substituents is 1. The number of hydrogen-bond acceptors (Lipinski definition) is 10. The Morgan fingerprint density at radius 2 is 1.61 bits per heavy atom. The number of amides is 1. The number of fused-ring (bicyclic) bond motifs is 3. The summed E-state index contributed by atoms with van der Waals surface area (Å²) in [6, 6.07) is 25.4. The topological polar surface area (TPSA) is 130 Å². The SMILES string of the molecule is C=CCOC(=O)COc1cc(O)cc([C@@H](CCc2ccc(OC)c(OC)c2)OC(=O)[C@@H]2CCCCN2C(=O)OCC2c3ccccc3-c3ccccc32)c1. The molecule has 2 atom stereocenters. The maximum absolute atomic E-state index is 14.1. The van der Waals surface area contributed by atoms with Gasteiger partial charge in [-0.15, -0.1) is 0 Å². The van der Waals surface area contributed by atoms with Gasteiger partial charge in [-0.05, 0) is 89.8 Å². The van der Waals surface area contributed by atoms with Gasteiger partial charge in [-0.1, -0.05) is 67.3 Å². The van der Waals surface area contributed by atoms with Gasteiger partial charge in [0.1, 0.15) is 36.9 Å². The lowest BCUT2D eigenvalue weighted by Gasteiger charge is -2.34. The minimum Gasteiger partial charge on any atom is -0.508 e. The molecule has 0 bridgehead atoms. The molecule has 2 aliphatic rings. The predicted octanol–water partition coefficient (Wildman–Crippen LogP) is 7.54. The number of phenols is 1. The highest BCUT2D eigenvalue weighted by molar-refractivity contribution is 5.82. The van der Waals surface area contributed by atoms with Crippen molar-refractivity contribution in [3.8, 4) is 34.1 Å². The maximum atomic E-state index is 14.1. The van der Waals surface area contributed by atoms with Crippen molar-refractivity contribution in [2.45, 2.75) is 50.2 Å². The Balaban J connectivity index is 1.19. The van der Waals surface area contributed by atoms with Gasteiger partial charge in [0.2, 0.25) is 0 Å². The average molecular weight is 736 g/mol. The lowest BCUT2D eigenvalue weighted by Crippen LogP contribution is -2.49. The molecule has 1 amide bonds. The number of carbonyl (C=O) groups excluding carboxylic acids is 3. The Labute approximate surface area is 315 Å². The van der Waals surface area contributed by atoms with Crippen molar-refractivity contribution >= 4 is 18.0 Å². The number of likely N-dealkylation sites (tertiary alicyclic amines) is 1. The number of rotatable bonds is 15. The van der Waals surface area contributed by atoms with Crippen LogP contribution in [-0.2, 0) is 30.2 Å². The fourth-order valence-corrected chi connectivity index (χ4v) is 7.13. The van der Waals surface area contributed by atoms with Crippen molar-refractivity contribution in [1.29, 1.82) is 0 Å². The van der Waals surface area contributed by atoms with Crippen LogP contribution in [-0.4, -0.2) is 74.7 Å². The van der Waals surface area contributed by atoms with Crippen LogP contribution in [0, 0.1) is 0 Å². The van der Waals surface area contributed by atoms with Crippen LogP contribution >= 0.6 is 0 Å². The molecule has 6 rings (SSSR count). The fraction of sp³-hybridized carbons (Fsp3) is 0.326. The van der Waals surface area contributed by atoms with Gasteiger partial charge in [0.15, 0.2) is 18.1 Å². The van der Waals surface area contributed by atoms with Crippen LogP contribution in [0.4, 0.5) is 4.79 Å². The lowest BCUT2D eigenvalue weighted by atomic mass is 9.98. The highest BCUT2D eigenvalue weighted by Gasteiger charge is 2.37. The van der Waals surface area contributed by atoms with Gasteiger partial charge < -0.3 is 33.5 Å². The first-order valence-electron chi connectivity index (χ1n) is 18.1.